The van der Waals surface area contributed by atoms with E-state index in [4.69, 9.17) is 10.5 Å². The Morgan fingerprint density at radius 1 is 1.11 bits per heavy atom. The molecule has 1 aliphatic carbocycles. The molecule has 1 aromatic carbocycles. The second kappa shape index (κ2) is 4.84. The average molecular weight is 283 g/mol. The molecular weight excluding hydrogens is 273 g/mol. The Balaban J connectivity index is 2.12. The molecule has 0 atom stereocenters. The van der Waals surface area contributed by atoms with E-state index < -0.39 is 23.7 Å². The zero-order valence-corrected chi connectivity index (χ0v) is 9.51. The van der Waals surface area contributed by atoms with Crippen molar-refractivity contribution in [1.29, 1.82) is 0 Å². The first kappa shape index (κ1) is 13.9. The number of rotatable bonds is 3. The van der Waals surface area contributed by atoms with E-state index in [1.807, 2.05) is 0 Å². The average Bonchev–Trinajstić information content (AvgIpc) is 2.20. The maximum absolute atomic E-state index is 13.3. The zero-order valence-electron chi connectivity index (χ0n) is 9.51. The van der Waals surface area contributed by atoms with Crippen molar-refractivity contribution >= 4 is 0 Å². The molecule has 2 rings (SSSR count). The highest BCUT2D eigenvalue weighted by Crippen LogP contribution is 2.33. The van der Waals surface area contributed by atoms with Crippen LogP contribution in [-0.2, 0) is 0 Å². The highest BCUT2D eigenvalue weighted by molar-refractivity contribution is 5.35. The molecule has 1 saturated carbocycles. The van der Waals surface area contributed by atoms with Crippen molar-refractivity contribution in [1.82, 2.24) is 0 Å². The molecular formula is C11H10F5NO2. The lowest BCUT2D eigenvalue weighted by Crippen LogP contribution is -2.43. The molecule has 0 bridgehead atoms. The summed E-state index contributed by atoms with van der Waals surface area (Å²) in [6.45, 7) is 0. The predicted molar refractivity (Wildman–Crippen MR) is 54.7 cm³/mol. The number of halogens is 5. The molecule has 1 aromatic rings. The summed E-state index contributed by atoms with van der Waals surface area (Å²) >= 11 is 0. The number of alkyl halides is 3. The molecule has 3 nitrogen and oxygen atoms in total. The second-order valence-electron chi connectivity index (χ2n) is 4.24. The highest BCUT2D eigenvalue weighted by atomic mass is 19.4. The lowest BCUT2D eigenvalue weighted by Gasteiger charge is -2.32. The molecule has 8 heteroatoms. The first-order valence-corrected chi connectivity index (χ1v) is 5.41. The minimum atomic E-state index is -5.16. The van der Waals surface area contributed by atoms with Gasteiger partial charge in [-0.1, -0.05) is 0 Å². The molecule has 19 heavy (non-hydrogen) atoms. The molecule has 0 saturated heterocycles. The van der Waals surface area contributed by atoms with Crippen LogP contribution in [0.1, 0.15) is 12.8 Å². The van der Waals surface area contributed by atoms with Crippen LogP contribution < -0.4 is 15.2 Å². The van der Waals surface area contributed by atoms with Gasteiger partial charge in [-0.2, -0.15) is 0 Å². The second-order valence-corrected chi connectivity index (χ2v) is 4.24. The molecule has 0 radical (unpaired) electrons. The highest BCUT2D eigenvalue weighted by Gasteiger charge is 2.34. The Morgan fingerprint density at radius 3 is 2.05 bits per heavy atom. The van der Waals surface area contributed by atoms with Crippen molar-refractivity contribution in [3.05, 3.63) is 23.8 Å². The number of benzene rings is 1. The van der Waals surface area contributed by atoms with Crippen molar-refractivity contribution in [2.24, 2.45) is 5.73 Å². The van der Waals surface area contributed by atoms with Crippen molar-refractivity contribution in [2.45, 2.75) is 31.3 Å². The third-order valence-electron chi connectivity index (χ3n) is 2.62. The summed E-state index contributed by atoms with van der Waals surface area (Å²) in [5.41, 5.74) is 5.50. The molecule has 0 spiro atoms. The van der Waals surface area contributed by atoms with E-state index in [0.717, 1.165) is 0 Å². The topological polar surface area (TPSA) is 44.5 Å². The Morgan fingerprint density at radius 2 is 1.63 bits per heavy atom. The normalized spacial score (nSPS) is 22.8. The predicted octanol–water partition coefficient (Wildman–Crippen LogP) is 2.73. The zero-order chi connectivity index (χ0) is 14.2. The van der Waals surface area contributed by atoms with Gasteiger partial charge >= 0.3 is 6.36 Å². The van der Waals surface area contributed by atoms with Gasteiger partial charge in [0, 0.05) is 18.2 Å². The van der Waals surface area contributed by atoms with Gasteiger partial charge in [-0.3, -0.25) is 0 Å². The van der Waals surface area contributed by atoms with E-state index in [1.165, 1.54) is 0 Å². The number of nitrogens with two attached hydrogens (primary N) is 1. The fraction of sp³-hybridized carbons (Fsp3) is 0.455. The molecule has 0 aromatic heterocycles. The number of hydrogen-bond acceptors (Lipinski definition) is 3. The van der Waals surface area contributed by atoms with Gasteiger partial charge in [-0.15, -0.1) is 13.2 Å². The van der Waals surface area contributed by atoms with Crippen LogP contribution in [0.2, 0.25) is 0 Å². The fourth-order valence-electron chi connectivity index (χ4n) is 1.71. The van der Waals surface area contributed by atoms with E-state index in [2.05, 4.69) is 4.74 Å². The summed E-state index contributed by atoms with van der Waals surface area (Å²) in [6, 6.07) is 1.27. The third-order valence-corrected chi connectivity index (χ3v) is 2.62. The lowest BCUT2D eigenvalue weighted by molar-refractivity contribution is -0.276. The van der Waals surface area contributed by atoms with Gasteiger partial charge in [0.1, 0.15) is 11.9 Å². The van der Waals surface area contributed by atoms with Gasteiger partial charge in [-0.25, -0.2) is 8.78 Å². The minimum absolute atomic E-state index is 0.0208. The van der Waals surface area contributed by atoms with Crippen LogP contribution in [-0.4, -0.2) is 18.5 Å². The van der Waals surface area contributed by atoms with Gasteiger partial charge in [0.15, 0.2) is 11.6 Å². The standard InChI is InChI=1S/C11H10F5NO2/c12-8-3-7(18-6-1-5(17)2-6)4-9(13)10(8)19-11(14,15)16/h3-6H,1-2,17H2. The molecule has 0 unspecified atom stereocenters. The molecule has 1 aliphatic rings. The first-order valence-electron chi connectivity index (χ1n) is 5.41. The van der Waals surface area contributed by atoms with E-state index in [1.54, 1.807) is 0 Å². The quantitative estimate of drug-likeness (QED) is 0.867. The van der Waals surface area contributed by atoms with E-state index >= 15 is 0 Å². The summed E-state index contributed by atoms with van der Waals surface area (Å²) in [7, 11) is 0. The molecule has 0 amide bonds. The van der Waals surface area contributed by atoms with Gasteiger partial charge in [0.25, 0.3) is 0 Å². The van der Waals surface area contributed by atoms with Gasteiger partial charge in [0.05, 0.1) is 0 Å². The van der Waals surface area contributed by atoms with Crippen molar-refractivity contribution in [2.75, 3.05) is 0 Å². The first-order chi connectivity index (χ1) is 8.74. The van der Waals surface area contributed by atoms with Crippen LogP contribution >= 0.6 is 0 Å². The minimum Gasteiger partial charge on any atom is -0.490 e. The Kier molecular flexibility index (Phi) is 3.53. The van der Waals surface area contributed by atoms with Crippen LogP contribution in [0, 0.1) is 11.6 Å². The summed E-state index contributed by atoms with van der Waals surface area (Å²) in [5.74, 6) is -4.64. The number of ether oxygens (including phenoxy) is 2. The molecule has 0 aliphatic heterocycles. The van der Waals surface area contributed by atoms with E-state index in [-0.39, 0.29) is 17.9 Å². The Labute approximate surface area is 105 Å². The van der Waals surface area contributed by atoms with Crippen LogP contribution in [0.4, 0.5) is 22.0 Å². The van der Waals surface area contributed by atoms with Gasteiger partial charge in [0.2, 0.25) is 5.75 Å². The Hall–Kier alpha value is -1.57. The van der Waals surface area contributed by atoms with Crippen LogP contribution in [0.5, 0.6) is 11.5 Å². The summed E-state index contributed by atoms with van der Waals surface area (Å²) in [5, 5.41) is 0. The number of hydrogen-bond donors (Lipinski definition) is 1. The van der Waals surface area contributed by atoms with Crippen LogP contribution in [0.3, 0.4) is 0 Å². The summed E-state index contributed by atoms with van der Waals surface area (Å²) < 4.78 is 70.8. The summed E-state index contributed by atoms with van der Waals surface area (Å²) in [4.78, 5) is 0. The lowest BCUT2D eigenvalue weighted by atomic mass is 9.90. The maximum atomic E-state index is 13.3. The monoisotopic (exact) mass is 283 g/mol. The maximum Gasteiger partial charge on any atom is 0.573 e. The van der Waals surface area contributed by atoms with E-state index in [0.29, 0.717) is 25.0 Å². The third kappa shape index (κ3) is 3.46. The van der Waals surface area contributed by atoms with Crippen LogP contribution in [0.15, 0.2) is 12.1 Å². The van der Waals surface area contributed by atoms with Crippen molar-refractivity contribution in [3.8, 4) is 11.5 Å². The Bertz CT molecular complexity index is 448. The largest absolute Gasteiger partial charge is 0.573 e. The smallest absolute Gasteiger partial charge is 0.490 e. The van der Waals surface area contributed by atoms with Crippen LogP contribution in [0.25, 0.3) is 0 Å². The molecule has 1 fully saturated rings. The summed E-state index contributed by atoms with van der Waals surface area (Å²) in [6.07, 6.45) is -4.37. The fourth-order valence-corrected chi connectivity index (χ4v) is 1.71. The molecule has 0 heterocycles. The van der Waals surface area contributed by atoms with Crippen molar-refractivity contribution < 1.29 is 31.4 Å². The molecule has 106 valence electrons. The molecule has 2 N–H and O–H groups in total. The SMILES string of the molecule is NC1CC(Oc2cc(F)c(OC(F)(F)F)c(F)c2)C1. The van der Waals surface area contributed by atoms with E-state index in [9.17, 15) is 22.0 Å². The van der Waals surface area contributed by atoms with Gasteiger partial charge < -0.3 is 15.2 Å². The van der Waals surface area contributed by atoms with Crippen molar-refractivity contribution in [3.63, 3.8) is 0 Å². The van der Waals surface area contributed by atoms with Gasteiger partial charge in [-0.05, 0) is 12.8 Å².